The molecule has 1 aliphatic rings. The zero-order valence-electron chi connectivity index (χ0n) is 11.7. The van der Waals surface area contributed by atoms with Crippen molar-refractivity contribution >= 4 is 21.6 Å². The van der Waals surface area contributed by atoms with Crippen LogP contribution in [0.15, 0.2) is 22.7 Å². The van der Waals surface area contributed by atoms with Crippen LogP contribution in [0.5, 0.6) is 0 Å². The van der Waals surface area contributed by atoms with Crippen molar-refractivity contribution in [2.45, 2.75) is 19.3 Å². The van der Waals surface area contributed by atoms with E-state index in [0.717, 1.165) is 19.5 Å². The number of rotatable bonds is 6. The molecule has 106 valence electrons. The Bertz CT molecular complexity index is 402. The summed E-state index contributed by atoms with van der Waals surface area (Å²) in [5, 5.41) is 0. The molecule has 0 saturated carbocycles. The van der Waals surface area contributed by atoms with Crippen LogP contribution in [-0.2, 0) is 6.42 Å². The fourth-order valence-electron chi connectivity index (χ4n) is 2.60. The minimum absolute atomic E-state index is 0.705. The second-order valence-corrected chi connectivity index (χ2v) is 6.15. The number of likely N-dealkylation sites (tertiary alicyclic amines) is 1. The summed E-state index contributed by atoms with van der Waals surface area (Å²) in [6, 6.07) is 6.56. The van der Waals surface area contributed by atoms with Crippen LogP contribution < -0.4 is 10.6 Å². The summed E-state index contributed by atoms with van der Waals surface area (Å²) in [4.78, 5) is 4.88. The van der Waals surface area contributed by atoms with Gasteiger partial charge in [0, 0.05) is 24.6 Å². The van der Waals surface area contributed by atoms with Crippen LogP contribution in [0.4, 0.5) is 5.69 Å². The number of nitrogens with zero attached hydrogens (tertiary/aromatic N) is 2. The smallest absolute Gasteiger partial charge is 0.0508 e. The number of likely N-dealkylation sites (N-methyl/N-ethyl adjacent to an activating group) is 1. The van der Waals surface area contributed by atoms with Gasteiger partial charge in [0.1, 0.15) is 0 Å². The fraction of sp³-hybridized carbons (Fsp3) is 0.600. The molecule has 0 radical (unpaired) electrons. The van der Waals surface area contributed by atoms with Crippen molar-refractivity contribution in [2.75, 3.05) is 44.7 Å². The molecule has 0 unspecified atom stereocenters. The number of hydrogen-bond donors (Lipinski definition) is 1. The van der Waals surface area contributed by atoms with E-state index in [0.29, 0.717) is 6.54 Å². The highest BCUT2D eigenvalue weighted by Gasteiger charge is 2.13. The Hall–Kier alpha value is -0.580. The molecule has 0 bridgehead atoms. The number of hydrogen-bond acceptors (Lipinski definition) is 3. The molecule has 1 aromatic carbocycles. The second kappa shape index (κ2) is 7.27. The molecule has 1 saturated heterocycles. The maximum atomic E-state index is 5.59. The van der Waals surface area contributed by atoms with Crippen LogP contribution >= 0.6 is 15.9 Å². The van der Waals surface area contributed by atoms with Gasteiger partial charge in [-0.25, -0.2) is 0 Å². The van der Waals surface area contributed by atoms with Gasteiger partial charge in [-0.1, -0.05) is 6.07 Å². The van der Waals surface area contributed by atoms with Crippen LogP contribution in [0, 0.1) is 0 Å². The third-order valence-corrected chi connectivity index (χ3v) is 4.44. The molecule has 0 atom stereocenters. The SMILES string of the molecule is CN(CCN1CCCC1)c1ccc(CCN)cc1Br. The Kier molecular flexibility index (Phi) is 5.67. The van der Waals surface area contributed by atoms with E-state index in [1.165, 1.54) is 41.7 Å². The molecule has 0 amide bonds. The molecular weight excluding hydrogens is 302 g/mol. The van der Waals surface area contributed by atoms with Gasteiger partial charge in [0.15, 0.2) is 0 Å². The summed E-state index contributed by atoms with van der Waals surface area (Å²) in [5.41, 5.74) is 8.16. The Labute approximate surface area is 124 Å². The summed E-state index contributed by atoms with van der Waals surface area (Å²) in [5.74, 6) is 0. The first-order chi connectivity index (χ1) is 9.20. The third kappa shape index (κ3) is 4.20. The van der Waals surface area contributed by atoms with Gasteiger partial charge in [-0.15, -0.1) is 0 Å². The molecular formula is C15H24BrN3. The van der Waals surface area contributed by atoms with Crippen LogP contribution in [0.3, 0.4) is 0 Å². The maximum absolute atomic E-state index is 5.59. The highest BCUT2D eigenvalue weighted by molar-refractivity contribution is 9.10. The van der Waals surface area contributed by atoms with Crippen LogP contribution in [0.25, 0.3) is 0 Å². The summed E-state index contributed by atoms with van der Waals surface area (Å²) in [6.45, 7) is 5.48. The second-order valence-electron chi connectivity index (χ2n) is 5.29. The lowest BCUT2D eigenvalue weighted by Crippen LogP contribution is -2.31. The van der Waals surface area contributed by atoms with Crippen molar-refractivity contribution < 1.29 is 0 Å². The molecule has 0 aliphatic carbocycles. The lowest BCUT2D eigenvalue weighted by molar-refractivity contribution is 0.346. The largest absolute Gasteiger partial charge is 0.372 e. The van der Waals surface area contributed by atoms with Gasteiger partial charge in [-0.3, -0.25) is 0 Å². The number of halogens is 1. The molecule has 19 heavy (non-hydrogen) atoms. The van der Waals surface area contributed by atoms with Crippen molar-refractivity contribution in [1.82, 2.24) is 4.90 Å². The van der Waals surface area contributed by atoms with Crippen molar-refractivity contribution in [3.63, 3.8) is 0 Å². The van der Waals surface area contributed by atoms with Crippen LogP contribution in [-0.4, -0.2) is 44.7 Å². The Morgan fingerprint density at radius 2 is 2.05 bits per heavy atom. The summed E-state index contributed by atoms with van der Waals surface area (Å²) in [6.07, 6.45) is 3.67. The minimum Gasteiger partial charge on any atom is -0.372 e. The van der Waals surface area contributed by atoms with Gasteiger partial charge < -0.3 is 15.5 Å². The van der Waals surface area contributed by atoms with E-state index in [1.54, 1.807) is 0 Å². The normalized spacial score (nSPS) is 15.9. The van der Waals surface area contributed by atoms with E-state index in [9.17, 15) is 0 Å². The Morgan fingerprint density at radius 3 is 2.68 bits per heavy atom. The average Bonchev–Trinajstić information content (AvgIpc) is 2.89. The van der Waals surface area contributed by atoms with Crippen molar-refractivity contribution in [3.05, 3.63) is 28.2 Å². The van der Waals surface area contributed by atoms with Crippen LogP contribution in [0.2, 0.25) is 0 Å². The molecule has 0 spiro atoms. The molecule has 1 fully saturated rings. The van der Waals surface area contributed by atoms with E-state index in [4.69, 9.17) is 5.73 Å². The van der Waals surface area contributed by atoms with Gasteiger partial charge in [0.25, 0.3) is 0 Å². The van der Waals surface area contributed by atoms with Crippen molar-refractivity contribution in [2.24, 2.45) is 5.73 Å². The first kappa shape index (κ1) is 14.8. The molecule has 0 aromatic heterocycles. The fourth-order valence-corrected chi connectivity index (χ4v) is 3.33. The predicted octanol–water partition coefficient (Wildman–Crippen LogP) is 2.48. The number of benzene rings is 1. The quantitative estimate of drug-likeness (QED) is 0.872. The van der Waals surface area contributed by atoms with Gasteiger partial charge in [0.2, 0.25) is 0 Å². The molecule has 4 heteroatoms. The summed E-state index contributed by atoms with van der Waals surface area (Å²) >= 11 is 3.68. The Balaban J connectivity index is 1.92. The van der Waals surface area contributed by atoms with E-state index in [2.05, 4.69) is 51.0 Å². The standard InChI is InChI=1S/C15H24BrN3/c1-18(10-11-19-8-2-3-9-19)15-5-4-13(6-7-17)12-14(15)16/h4-5,12H,2-3,6-11,17H2,1H3. The maximum Gasteiger partial charge on any atom is 0.0508 e. The average molecular weight is 326 g/mol. The lowest BCUT2D eigenvalue weighted by Gasteiger charge is -2.24. The monoisotopic (exact) mass is 325 g/mol. The van der Waals surface area contributed by atoms with Crippen LogP contribution in [0.1, 0.15) is 18.4 Å². The van der Waals surface area contributed by atoms with Gasteiger partial charge in [-0.2, -0.15) is 0 Å². The molecule has 2 rings (SSSR count). The molecule has 1 heterocycles. The minimum atomic E-state index is 0.705. The number of anilines is 1. The topological polar surface area (TPSA) is 32.5 Å². The van der Waals surface area contributed by atoms with E-state index < -0.39 is 0 Å². The van der Waals surface area contributed by atoms with E-state index >= 15 is 0 Å². The summed E-state index contributed by atoms with van der Waals surface area (Å²) < 4.78 is 1.17. The molecule has 2 N–H and O–H groups in total. The summed E-state index contributed by atoms with van der Waals surface area (Å²) in [7, 11) is 2.17. The van der Waals surface area contributed by atoms with Crippen molar-refractivity contribution in [3.8, 4) is 0 Å². The zero-order chi connectivity index (χ0) is 13.7. The molecule has 1 aromatic rings. The zero-order valence-corrected chi connectivity index (χ0v) is 13.3. The third-order valence-electron chi connectivity index (χ3n) is 3.81. The van der Waals surface area contributed by atoms with Gasteiger partial charge in [-0.05, 0) is 72.5 Å². The predicted molar refractivity (Wildman–Crippen MR) is 85.8 cm³/mol. The van der Waals surface area contributed by atoms with Crippen molar-refractivity contribution in [1.29, 1.82) is 0 Å². The molecule has 1 aliphatic heterocycles. The first-order valence-corrected chi connectivity index (χ1v) is 7.92. The van der Waals surface area contributed by atoms with Gasteiger partial charge >= 0.3 is 0 Å². The molecule has 3 nitrogen and oxygen atoms in total. The number of nitrogens with two attached hydrogens (primary N) is 1. The lowest BCUT2D eigenvalue weighted by atomic mass is 10.1. The van der Waals surface area contributed by atoms with E-state index in [-0.39, 0.29) is 0 Å². The van der Waals surface area contributed by atoms with Gasteiger partial charge in [0.05, 0.1) is 5.69 Å². The van der Waals surface area contributed by atoms with E-state index in [1.807, 2.05) is 0 Å². The Morgan fingerprint density at radius 1 is 1.32 bits per heavy atom. The first-order valence-electron chi connectivity index (χ1n) is 7.12. The highest BCUT2D eigenvalue weighted by atomic mass is 79.9. The highest BCUT2D eigenvalue weighted by Crippen LogP contribution is 2.26.